The van der Waals surface area contributed by atoms with Crippen molar-refractivity contribution in [2.45, 2.75) is 38.6 Å². The SMILES string of the molecule is CCN(C)CCCCC(C)(N)C(N)=O. The van der Waals surface area contributed by atoms with Crippen LogP contribution in [-0.4, -0.2) is 36.5 Å². The van der Waals surface area contributed by atoms with E-state index in [-0.39, 0.29) is 0 Å². The van der Waals surface area contributed by atoms with Gasteiger partial charge in [-0.05, 0) is 46.3 Å². The van der Waals surface area contributed by atoms with Crippen LogP contribution in [0.15, 0.2) is 0 Å². The lowest BCUT2D eigenvalue weighted by Gasteiger charge is -2.21. The van der Waals surface area contributed by atoms with Crippen LogP contribution in [0.3, 0.4) is 0 Å². The van der Waals surface area contributed by atoms with Crippen molar-refractivity contribution in [3.8, 4) is 0 Å². The molecule has 0 saturated heterocycles. The number of rotatable bonds is 7. The van der Waals surface area contributed by atoms with Crippen molar-refractivity contribution < 1.29 is 4.79 Å². The normalized spacial score (nSPS) is 15.5. The third-order valence-corrected chi connectivity index (χ3v) is 2.59. The molecule has 0 aliphatic rings. The second-order valence-electron chi connectivity index (χ2n) is 4.13. The maximum Gasteiger partial charge on any atom is 0.237 e. The van der Waals surface area contributed by atoms with Crippen molar-refractivity contribution in [2.24, 2.45) is 11.5 Å². The highest BCUT2D eigenvalue weighted by atomic mass is 16.1. The molecule has 4 N–H and O–H groups in total. The number of amides is 1. The summed E-state index contributed by atoms with van der Waals surface area (Å²) in [7, 11) is 2.08. The number of nitrogens with zero attached hydrogens (tertiary/aromatic N) is 1. The van der Waals surface area contributed by atoms with E-state index in [1.54, 1.807) is 6.92 Å². The average molecular weight is 201 g/mol. The van der Waals surface area contributed by atoms with Crippen LogP contribution in [-0.2, 0) is 4.79 Å². The van der Waals surface area contributed by atoms with E-state index < -0.39 is 11.4 Å². The van der Waals surface area contributed by atoms with Gasteiger partial charge in [0.1, 0.15) is 0 Å². The number of carbonyl (C=O) groups excluding carboxylic acids is 1. The smallest absolute Gasteiger partial charge is 0.237 e. The highest BCUT2D eigenvalue weighted by Gasteiger charge is 2.24. The van der Waals surface area contributed by atoms with Gasteiger partial charge >= 0.3 is 0 Å². The molecular weight excluding hydrogens is 178 g/mol. The largest absolute Gasteiger partial charge is 0.368 e. The summed E-state index contributed by atoms with van der Waals surface area (Å²) in [6.07, 6.45) is 2.67. The molecule has 0 aromatic rings. The minimum absolute atomic E-state index is 0.415. The van der Waals surface area contributed by atoms with Crippen molar-refractivity contribution in [3.63, 3.8) is 0 Å². The Morgan fingerprint density at radius 1 is 1.43 bits per heavy atom. The molecule has 0 spiro atoms. The Morgan fingerprint density at radius 2 is 2.00 bits per heavy atom. The Labute approximate surface area is 86.6 Å². The van der Waals surface area contributed by atoms with Gasteiger partial charge in [-0.3, -0.25) is 4.79 Å². The number of hydrogen-bond acceptors (Lipinski definition) is 3. The molecular formula is C10H23N3O. The number of hydrogen-bond donors (Lipinski definition) is 2. The third kappa shape index (κ3) is 5.19. The first kappa shape index (κ1) is 13.4. The van der Waals surface area contributed by atoms with Gasteiger partial charge < -0.3 is 16.4 Å². The summed E-state index contributed by atoms with van der Waals surface area (Å²) >= 11 is 0. The van der Waals surface area contributed by atoms with Crippen LogP contribution in [0.5, 0.6) is 0 Å². The molecule has 0 saturated carbocycles. The monoisotopic (exact) mass is 201 g/mol. The van der Waals surface area contributed by atoms with E-state index in [4.69, 9.17) is 11.5 Å². The van der Waals surface area contributed by atoms with Crippen molar-refractivity contribution in [1.29, 1.82) is 0 Å². The lowest BCUT2D eigenvalue weighted by atomic mass is 9.95. The standard InChI is InChI=1S/C10H23N3O/c1-4-13(3)8-6-5-7-10(2,12)9(11)14/h4-8,12H2,1-3H3,(H2,11,14). The highest BCUT2D eigenvalue weighted by molar-refractivity contribution is 5.83. The quantitative estimate of drug-likeness (QED) is 0.582. The topological polar surface area (TPSA) is 72.3 Å². The van der Waals surface area contributed by atoms with E-state index in [1.807, 2.05) is 0 Å². The summed E-state index contributed by atoms with van der Waals surface area (Å²) in [6, 6.07) is 0. The van der Waals surface area contributed by atoms with Gasteiger partial charge in [-0.2, -0.15) is 0 Å². The molecule has 0 bridgehead atoms. The predicted molar refractivity (Wildman–Crippen MR) is 58.8 cm³/mol. The Bertz CT molecular complexity index is 180. The minimum Gasteiger partial charge on any atom is -0.368 e. The Hall–Kier alpha value is -0.610. The van der Waals surface area contributed by atoms with Gasteiger partial charge in [0.15, 0.2) is 0 Å². The minimum atomic E-state index is -0.842. The van der Waals surface area contributed by atoms with Gasteiger partial charge in [0.25, 0.3) is 0 Å². The van der Waals surface area contributed by atoms with Crippen LogP contribution in [0.25, 0.3) is 0 Å². The Balaban J connectivity index is 3.59. The average Bonchev–Trinajstić information content (AvgIpc) is 2.11. The second kappa shape index (κ2) is 5.98. The first-order valence-electron chi connectivity index (χ1n) is 5.17. The van der Waals surface area contributed by atoms with Crippen LogP contribution in [0.1, 0.15) is 33.1 Å². The zero-order chi connectivity index (χ0) is 11.2. The second-order valence-corrected chi connectivity index (χ2v) is 4.13. The number of unbranched alkanes of at least 4 members (excludes halogenated alkanes) is 1. The number of primary amides is 1. The summed E-state index contributed by atoms with van der Waals surface area (Å²) in [4.78, 5) is 13.1. The maximum atomic E-state index is 10.9. The first-order chi connectivity index (χ1) is 6.40. The van der Waals surface area contributed by atoms with Crippen molar-refractivity contribution >= 4 is 5.91 Å². The van der Waals surface area contributed by atoms with Crippen LogP contribution < -0.4 is 11.5 Å². The predicted octanol–water partition coefficient (Wildman–Crippen LogP) is 0.311. The van der Waals surface area contributed by atoms with Gasteiger partial charge in [-0.25, -0.2) is 0 Å². The van der Waals surface area contributed by atoms with Crippen LogP contribution >= 0.6 is 0 Å². The summed E-state index contributed by atoms with van der Waals surface area (Å²) in [5, 5.41) is 0. The molecule has 1 amide bonds. The van der Waals surface area contributed by atoms with Crippen molar-refractivity contribution in [2.75, 3.05) is 20.1 Å². The lowest BCUT2D eigenvalue weighted by molar-refractivity contribution is -0.122. The first-order valence-corrected chi connectivity index (χ1v) is 5.17. The maximum absolute atomic E-state index is 10.9. The van der Waals surface area contributed by atoms with Crippen LogP contribution in [0.4, 0.5) is 0 Å². The highest BCUT2D eigenvalue weighted by Crippen LogP contribution is 2.10. The van der Waals surface area contributed by atoms with E-state index in [9.17, 15) is 4.79 Å². The number of nitrogens with two attached hydrogens (primary N) is 2. The lowest BCUT2D eigenvalue weighted by Crippen LogP contribution is -2.49. The molecule has 4 heteroatoms. The molecule has 0 rings (SSSR count). The van der Waals surface area contributed by atoms with Gasteiger partial charge in [0, 0.05) is 0 Å². The zero-order valence-electron chi connectivity index (χ0n) is 9.55. The summed E-state index contributed by atoms with van der Waals surface area (Å²) in [6.45, 7) is 5.91. The summed E-state index contributed by atoms with van der Waals surface area (Å²) < 4.78 is 0. The van der Waals surface area contributed by atoms with Crippen LogP contribution in [0, 0.1) is 0 Å². The van der Waals surface area contributed by atoms with Gasteiger partial charge in [-0.15, -0.1) is 0 Å². The third-order valence-electron chi connectivity index (χ3n) is 2.59. The zero-order valence-corrected chi connectivity index (χ0v) is 9.55. The molecule has 0 heterocycles. The molecule has 0 aromatic carbocycles. The fraction of sp³-hybridized carbons (Fsp3) is 0.900. The van der Waals surface area contributed by atoms with E-state index in [1.165, 1.54) is 0 Å². The summed E-state index contributed by atoms with van der Waals surface area (Å²) in [5.74, 6) is -0.415. The van der Waals surface area contributed by atoms with Crippen molar-refractivity contribution in [3.05, 3.63) is 0 Å². The Kier molecular flexibility index (Phi) is 5.72. The Morgan fingerprint density at radius 3 is 2.43 bits per heavy atom. The molecule has 1 atom stereocenters. The van der Waals surface area contributed by atoms with Gasteiger partial charge in [-0.1, -0.05) is 6.92 Å². The molecule has 84 valence electrons. The van der Waals surface area contributed by atoms with E-state index in [0.717, 1.165) is 25.9 Å². The molecule has 0 aliphatic carbocycles. The molecule has 0 radical (unpaired) electrons. The van der Waals surface area contributed by atoms with E-state index in [2.05, 4.69) is 18.9 Å². The van der Waals surface area contributed by atoms with E-state index >= 15 is 0 Å². The molecule has 14 heavy (non-hydrogen) atoms. The van der Waals surface area contributed by atoms with Crippen molar-refractivity contribution in [1.82, 2.24) is 4.90 Å². The molecule has 0 fully saturated rings. The molecule has 1 unspecified atom stereocenters. The fourth-order valence-corrected chi connectivity index (χ4v) is 1.16. The summed E-state index contributed by atoms with van der Waals surface area (Å²) in [5.41, 5.74) is 10.0. The molecule has 4 nitrogen and oxygen atoms in total. The van der Waals surface area contributed by atoms with E-state index in [0.29, 0.717) is 6.42 Å². The fourth-order valence-electron chi connectivity index (χ4n) is 1.16. The number of carbonyl (C=O) groups is 1. The van der Waals surface area contributed by atoms with Crippen LogP contribution in [0.2, 0.25) is 0 Å². The molecule has 0 aromatic heterocycles. The molecule has 0 aliphatic heterocycles. The van der Waals surface area contributed by atoms with Gasteiger partial charge in [0.05, 0.1) is 5.54 Å². The van der Waals surface area contributed by atoms with Gasteiger partial charge in [0.2, 0.25) is 5.91 Å².